The van der Waals surface area contributed by atoms with E-state index >= 15 is 0 Å². The number of hydrogen-bond acceptors (Lipinski definition) is 9. The Morgan fingerprint density at radius 1 is 0.625 bits per heavy atom. The summed E-state index contributed by atoms with van der Waals surface area (Å²) in [7, 11) is -1.21. The number of para-hydroxylation sites is 2. The van der Waals surface area contributed by atoms with Crippen molar-refractivity contribution in [2.75, 3.05) is 17.2 Å². The summed E-state index contributed by atoms with van der Waals surface area (Å²) >= 11 is 0. The van der Waals surface area contributed by atoms with E-state index in [1.165, 1.54) is 0 Å². The van der Waals surface area contributed by atoms with E-state index in [9.17, 15) is 9.59 Å². The lowest BCUT2D eigenvalue weighted by Gasteiger charge is -2.17. The highest BCUT2D eigenvalue weighted by Gasteiger charge is 2.17. The van der Waals surface area contributed by atoms with E-state index < -0.39 is 8.07 Å². The number of pyridine rings is 4. The van der Waals surface area contributed by atoms with Gasteiger partial charge in [0.05, 0.1) is 0 Å². The molecule has 0 unspecified atom stereocenters. The quantitative estimate of drug-likeness (QED) is 0.0763. The maximum atomic E-state index is 13.4. The molecule has 4 aromatic carbocycles. The van der Waals surface area contributed by atoms with Gasteiger partial charge in [-0.1, -0.05) is 56.0 Å². The van der Waals surface area contributed by atoms with Crippen molar-refractivity contribution < 1.29 is 13.6 Å². The lowest BCUT2D eigenvalue weighted by molar-refractivity contribution is 0.0852. The maximum Gasteiger partial charge on any atom is 0.260 e. The largest absolute Gasteiger partial charge is 0.456 e. The molecular weight excluding hydrogens is 817 g/mol. The Balaban J connectivity index is 0.000000167. The van der Waals surface area contributed by atoms with Crippen molar-refractivity contribution in [1.29, 1.82) is 0 Å². The van der Waals surface area contributed by atoms with Crippen molar-refractivity contribution in [3.8, 4) is 22.6 Å². The fourth-order valence-electron chi connectivity index (χ4n) is 7.55. The van der Waals surface area contributed by atoms with Gasteiger partial charge in [0, 0.05) is 120 Å². The smallest absolute Gasteiger partial charge is 0.260 e. The summed E-state index contributed by atoms with van der Waals surface area (Å²) in [6.07, 6.45) is 10.7. The number of rotatable bonds is 13. The zero-order valence-corrected chi connectivity index (χ0v) is 36.9. The van der Waals surface area contributed by atoms with Crippen LogP contribution in [-0.4, -0.2) is 34.2 Å². The van der Waals surface area contributed by atoms with Gasteiger partial charge in [0.2, 0.25) is 0 Å². The van der Waals surface area contributed by atoms with Crippen LogP contribution in [0.3, 0.4) is 0 Å². The number of hydrogen-bond donors (Lipinski definition) is 3. The third-order valence-corrected chi connectivity index (χ3v) is 12.8. The van der Waals surface area contributed by atoms with Crippen LogP contribution in [0, 0.1) is 0 Å². The predicted octanol–water partition coefficient (Wildman–Crippen LogP) is 11.7. The van der Waals surface area contributed by atoms with Gasteiger partial charge in [-0.05, 0) is 102 Å². The molecule has 0 radical (unpaired) electrons. The third kappa shape index (κ3) is 9.58. The SMILES string of the molecule is C[Si](C)(C)CCOCn1cc(-c2cc3ccccc3o2)c2cc(NCc3ccncc3)ccc2c1=O.O=c1[nH]cc(-c2cc3ccccc3o2)c2cc(NCc3ccncc3)ccc12. The maximum absolute atomic E-state index is 13.4. The van der Waals surface area contributed by atoms with E-state index in [-0.39, 0.29) is 17.8 Å². The number of nitrogens with zero attached hydrogens (tertiary/aromatic N) is 3. The Bertz CT molecular complexity index is 3270. The van der Waals surface area contributed by atoms with Crippen LogP contribution in [0.2, 0.25) is 25.7 Å². The van der Waals surface area contributed by atoms with E-state index in [0.29, 0.717) is 30.5 Å². The van der Waals surface area contributed by atoms with Crippen LogP contribution >= 0.6 is 0 Å². The van der Waals surface area contributed by atoms with Crippen molar-refractivity contribution in [2.24, 2.45) is 0 Å². The molecule has 10 aromatic rings. The summed E-state index contributed by atoms with van der Waals surface area (Å²) in [6, 6.07) is 40.4. The van der Waals surface area contributed by atoms with Crippen LogP contribution in [0.15, 0.2) is 177 Å². The molecule has 10 rings (SSSR count). The monoisotopic (exact) mass is 864 g/mol. The van der Waals surface area contributed by atoms with Crippen molar-refractivity contribution in [2.45, 2.75) is 45.5 Å². The normalized spacial score (nSPS) is 11.5. The standard InChI is InChI=1S/C29H31N3O3Si.C23H17N3O2/c1-36(2,3)15-14-34-20-32-19-26(28-16-22-6-4-5-7-27(22)35-28)25-17-23(8-9-24(25)29(32)33)31-18-21-10-12-30-13-11-21;27-23-18-6-5-17(25-13-15-7-9-24-10-8-15)12-19(18)20(14-26-23)22-11-16-3-1-2-4-21(16)28-22/h4-13,16-17,19,31H,14-15,18,20H2,1-3H3;1-12,14,25H,13H2,(H,26,27). The molecule has 0 atom stereocenters. The molecule has 0 aliphatic heterocycles. The molecule has 3 N–H and O–H groups in total. The Morgan fingerprint density at radius 3 is 1.72 bits per heavy atom. The minimum atomic E-state index is -1.21. The molecule has 0 amide bonds. The Hall–Kier alpha value is -7.54. The zero-order chi connectivity index (χ0) is 44.0. The first-order chi connectivity index (χ1) is 31.1. The van der Waals surface area contributed by atoms with E-state index in [0.717, 1.165) is 83.9 Å². The van der Waals surface area contributed by atoms with E-state index in [2.05, 4.69) is 45.2 Å². The van der Waals surface area contributed by atoms with E-state index in [1.807, 2.05) is 128 Å². The summed E-state index contributed by atoms with van der Waals surface area (Å²) in [6.45, 7) is 9.16. The molecule has 0 spiro atoms. The van der Waals surface area contributed by atoms with Crippen molar-refractivity contribution in [3.05, 3.63) is 190 Å². The highest BCUT2D eigenvalue weighted by molar-refractivity contribution is 6.76. The van der Waals surface area contributed by atoms with Gasteiger partial charge < -0.3 is 29.2 Å². The number of H-pyrrole nitrogens is 1. The highest BCUT2D eigenvalue weighted by atomic mass is 28.3. The average Bonchev–Trinajstić information content (AvgIpc) is 3.95. The Morgan fingerprint density at radius 2 is 1.16 bits per heavy atom. The molecule has 0 saturated carbocycles. The van der Waals surface area contributed by atoms with E-state index in [1.54, 1.807) is 35.6 Å². The molecule has 6 aromatic heterocycles. The molecule has 0 aliphatic rings. The van der Waals surface area contributed by atoms with Crippen LogP contribution in [0.4, 0.5) is 11.4 Å². The first-order valence-corrected chi connectivity index (χ1v) is 25.0. The molecule has 0 fully saturated rings. The molecule has 0 bridgehead atoms. The van der Waals surface area contributed by atoms with Crippen molar-refractivity contribution >= 4 is 62.9 Å². The van der Waals surface area contributed by atoms with Gasteiger partial charge >= 0.3 is 0 Å². The van der Waals surface area contributed by atoms with Crippen LogP contribution < -0.4 is 21.8 Å². The predicted molar refractivity (Wildman–Crippen MR) is 260 cm³/mol. The number of fused-ring (bicyclic) bond motifs is 4. The van der Waals surface area contributed by atoms with Gasteiger partial charge in [0.1, 0.15) is 29.4 Å². The number of aromatic amines is 1. The summed E-state index contributed by atoms with van der Waals surface area (Å²) in [4.78, 5) is 36.6. The molecule has 64 heavy (non-hydrogen) atoms. The molecule has 11 nitrogen and oxygen atoms in total. The lowest BCUT2D eigenvalue weighted by Crippen LogP contribution is -2.25. The van der Waals surface area contributed by atoms with Gasteiger partial charge in [-0.15, -0.1) is 0 Å². The third-order valence-electron chi connectivity index (χ3n) is 11.1. The Labute approximate surface area is 370 Å². The van der Waals surface area contributed by atoms with Crippen LogP contribution in [-0.2, 0) is 24.6 Å². The fraction of sp³-hybridized carbons (Fsp3) is 0.154. The highest BCUT2D eigenvalue weighted by Crippen LogP contribution is 2.35. The summed E-state index contributed by atoms with van der Waals surface area (Å²) in [5, 5.41) is 11.9. The molecular formula is C52H48N6O5Si. The van der Waals surface area contributed by atoms with Crippen molar-refractivity contribution in [3.63, 3.8) is 0 Å². The van der Waals surface area contributed by atoms with Gasteiger partial charge in [0.15, 0.2) is 0 Å². The second-order valence-corrected chi connectivity index (χ2v) is 22.6. The summed E-state index contributed by atoms with van der Waals surface area (Å²) < 4.78 is 19.8. The lowest BCUT2D eigenvalue weighted by atomic mass is 10.0. The number of furan rings is 2. The molecule has 0 aliphatic carbocycles. The van der Waals surface area contributed by atoms with Gasteiger partial charge in [-0.2, -0.15) is 0 Å². The number of anilines is 2. The Kier molecular flexibility index (Phi) is 12.0. The van der Waals surface area contributed by atoms with E-state index in [4.69, 9.17) is 13.6 Å². The zero-order valence-electron chi connectivity index (χ0n) is 35.9. The summed E-state index contributed by atoms with van der Waals surface area (Å²) in [5.41, 5.74) is 7.31. The number of nitrogens with one attached hydrogen (secondary N) is 3. The average molecular weight is 865 g/mol. The second-order valence-electron chi connectivity index (χ2n) is 16.9. The molecule has 320 valence electrons. The van der Waals surface area contributed by atoms with Gasteiger partial charge in [-0.25, -0.2) is 0 Å². The van der Waals surface area contributed by atoms with Crippen LogP contribution in [0.1, 0.15) is 11.1 Å². The first kappa shape index (κ1) is 41.8. The minimum absolute atomic E-state index is 0.0708. The molecule has 0 saturated heterocycles. The van der Waals surface area contributed by atoms with Crippen LogP contribution in [0.25, 0.3) is 66.1 Å². The molecule has 6 heterocycles. The number of ether oxygens (including phenoxy) is 1. The van der Waals surface area contributed by atoms with Crippen molar-refractivity contribution in [1.82, 2.24) is 19.5 Å². The topological polar surface area (TPSA) is 140 Å². The van der Waals surface area contributed by atoms with Crippen LogP contribution in [0.5, 0.6) is 0 Å². The minimum Gasteiger partial charge on any atom is -0.456 e. The molecule has 12 heteroatoms. The second kappa shape index (κ2) is 18.4. The number of aromatic nitrogens is 4. The fourth-order valence-corrected chi connectivity index (χ4v) is 8.30. The van der Waals surface area contributed by atoms with Gasteiger partial charge in [0.25, 0.3) is 11.1 Å². The summed E-state index contributed by atoms with van der Waals surface area (Å²) in [5.74, 6) is 1.46. The van der Waals surface area contributed by atoms with Gasteiger partial charge in [-0.3, -0.25) is 24.1 Å². The number of benzene rings is 4. The first-order valence-electron chi connectivity index (χ1n) is 21.3.